The van der Waals surface area contributed by atoms with Crippen molar-refractivity contribution >= 4 is 35.2 Å². The van der Waals surface area contributed by atoms with Gasteiger partial charge in [-0.3, -0.25) is 10.1 Å². The van der Waals surface area contributed by atoms with Gasteiger partial charge in [0, 0.05) is 22.2 Å². The lowest BCUT2D eigenvalue weighted by Crippen LogP contribution is -2.06. The normalized spacial score (nSPS) is 15.3. The molecule has 2 aromatic carbocycles. The molecule has 0 aliphatic carbocycles. The smallest absolute Gasteiger partial charge is 0.363 e. The molecule has 2 aromatic rings. The molecule has 3 rings (SSSR count). The molecule has 6 nitrogen and oxygen atoms in total. The number of ether oxygens (including phenoxy) is 1. The Morgan fingerprint density at radius 1 is 1.25 bits per heavy atom. The summed E-state index contributed by atoms with van der Waals surface area (Å²) >= 11 is 6.06. The molecule has 0 fully saturated rings. The summed E-state index contributed by atoms with van der Waals surface area (Å²) in [5.41, 5.74) is 1.72. The third-order valence-electron chi connectivity index (χ3n) is 3.46. The van der Waals surface area contributed by atoms with Gasteiger partial charge in [-0.05, 0) is 36.8 Å². The minimum atomic E-state index is -0.596. The maximum atomic E-state index is 12.0. The number of halogens is 1. The molecule has 0 bridgehead atoms. The molecule has 0 saturated carbocycles. The van der Waals surface area contributed by atoms with Crippen LogP contribution in [-0.4, -0.2) is 16.8 Å². The summed E-state index contributed by atoms with van der Waals surface area (Å²) in [6, 6.07) is 11.5. The fraction of sp³-hybridized carbons (Fsp3) is 0.0588. The lowest BCUT2D eigenvalue weighted by Gasteiger charge is -2.01. The minimum Gasteiger partial charge on any atom is -0.402 e. The van der Waals surface area contributed by atoms with E-state index in [0.29, 0.717) is 21.7 Å². The number of aliphatic imine (C=N–C) groups is 1. The van der Waals surface area contributed by atoms with Crippen LogP contribution in [0.4, 0.5) is 5.69 Å². The third kappa shape index (κ3) is 3.04. The molecule has 24 heavy (non-hydrogen) atoms. The van der Waals surface area contributed by atoms with Gasteiger partial charge in [0.1, 0.15) is 0 Å². The van der Waals surface area contributed by atoms with Crippen LogP contribution in [0.2, 0.25) is 5.02 Å². The monoisotopic (exact) mass is 342 g/mol. The van der Waals surface area contributed by atoms with Gasteiger partial charge >= 0.3 is 5.97 Å². The molecule has 0 aromatic heterocycles. The number of nitrogens with zero attached hydrogens (tertiary/aromatic N) is 2. The summed E-state index contributed by atoms with van der Waals surface area (Å²) in [5, 5.41) is 11.4. The molecule has 0 radical (unpaired) electrons. The van der Waals surface area contributed by atoms with Crippen LogP contribution in [0, 0.1) is 17.0 Å². The predicted octanol–water partition coefficient (Wildman–Crippen LogP) is 3.90. The highest BCUT2D eigenvalue weighted by atomic mass is 35.5. The van der Waals surface area contributed by atoms with Crippen molar-refractivity contribution in [3.05, 3.63) is 80.0 Å². The van der Waals surface area contributed by atoms with E-state index < -0.39 is 10.9 Å². The molecular formula is C17H11ClN2O4. The summed E-state index contributed by atoms with van der Waals surface area (Å²) in [6.07, 6.45) is 1.54. The summed E-state index contributed by atoms with van der Waals surface area (Å²) in [7, 11) is 0. The molecule has 1 aliphatic rings. The zero-order chi connectivity index (χ0) is 17.3. The van der Waals surface area contributed by atoms with Gasteiger partial charge in [-0.2, -0.15) is 0 Å². The average molecular weight is 343 g/mol. The van der Waals surface area contributed by atoms with Crippen LogP contribution in [-0.2, 0) is 9.53 Å². The Kier molecular flexibility index (Phi) is 4.14. The molecule has 1 heterocycles. The van der Waals surface area contributed by atoms with Crippen molar-refractivity contribution in [2.75, 3.05) is 0 Å². The first-order valence-corrected chi connectivity index (χ1v) is 7.36. The first kappa shape index (κ1) is 15.9. The molecule has 120 valence electrons. The van der Waals surface area contributed by atoms with Crippen molar-refractivity contribution in [3.63, 3.8) is 0 Å². The first-order valence-electron chi connectivity index (χ1n) is 6.98. The fourth-order valence-corrected chi connectivity index (χ4v) is 2.46. The highest BCUT2D eigenvalue weighted by Gasteiger charge is 2.25. The predicted molar refractivity (Wildman–Crippen MR) is 89.9 cm³/mol. The van der Waals surface area contributed by atoms with Gasteiger partial charge in [-0.1, -0.05) is 29.8 Å². The second-order valence-electron chi connectivity index (χ2n) is 5.12. The number of carbonyl (C=O) groups excluding carboxylic acids is 1. The maximum Gasteiger partial charge on any atom is 0.363 e. The lowest BCUT2D eigenvalue weighted by molar-refractivity contribution is -0.385. The van der Waals surface area contributed by atoms with Crippen LogP contribution in [0.1, 0.15) is 16.7 Å². The van der Waals surface area contributed by atoms with Gasteiger partial charge in [-0.25, -0.2) is 9.79 Å². The highest BCUT2D eigenvalue weighted by Crippen LogP contribution is 2.25. The molecule has 0 saturated heterocycles. The second-order valence-corrected chi connectivity index (χ2v) is 5.52. The van der Waals surface area contributed by atoms with E-state index in [1.807, 2.05) is 0 Å². The van der Waals surface area contributed by atoms with Crippen molar-refractivity contribution in [1.29, 1.82) is 0 Å². The standard InChI is InChI=1S/C17H11ClN2O4/c1-10-8-12(6-7-15(10)20(22)23)16-19-14(17(21)24-16)9-11-4-2-3-5-13(11)18/h2-9H,1H3/b14-9-. The Morgan fingerprint density at radius 2 is 2.00 bits per heavy atom. The number of esters is 1. The van der Waals surface area contributed by atoms with E-state index in [4.69, 9.17) is 16.3 Å². The molecule has 0 atom stereocenters. The molecule has 0 N–H and O–H groups in total. The van der Waals surface area contributed by atoms with E-state index in [-0.39, 0.29) is 17.3 Å². The Labute approximate surface area is 142 Å². The van der Waals surface area contributed by atoms with Crippen LogP contribution in [0.25, 0.3) is 6.08 Å². The number of aryl methyl sites for hydroxylation is 1. The van der Waals surface area contributed by atoms with E-state index >= 15 is 0 Å². The van der Waals surface area contributed by atoms with Gasteiger partial charge in [-0.15, -0.1) is 0 Å². The molecule has 0 spiro atoms. The summed E-state index contributed by atoms with van der Waals surface area (Å²) in [4.78, 5) is 26.5. The summed E-state index contributed by atoms with van der Waals surface area (Å²) in [5.74, 6) is -0.489. The van der Waals surface area contributed by atoms with Crippen molar-refractivity contribution in [3.8, 4) is 0 Å². The molecule has 0 amide bonds. The zero-order valence-corrected chi connectivity index (χ0v) is 13.3. The minimum absolute atomic E-state index is 0.00416. The van der Waals surface area contributed by atoms with Gasteiger partial charge in [0.05, 0.1) is 4.92 Å². The largest absolute Gasteiger partial charge is 0.402 e. The lowest BCUT2D eigenvalue weighted by atomic mass is 10.1. The Hall–Kier alpha value is -2.99. The molecule has 0 unspecified atom stereocenters. The fourth-order valence-electron chi connectivity index (χ4n) is 2.27. The Morgan fingerprint density at radius 3 is 2.67 bits per heavy atom. The number of cyclic esters (lactones) is 1. The van der Waals surface area contributed by atoms with Crippen LogP contribution < -0.4 is 0 Å². The zero-order valence-electron chi connectivity index (χ0n) is 12.5. The summed E-state index contributed by atoms with van der Waals surface area (Å²) in [6.45, 7) is 1.61. The average Bonchev–Trinajstić information content (AvgIpc) is 2.90. The molecular weight excluding hydrogens is 332 g/mol. The number of hydrogen-bond acceptors (Lipinski definition) is 5. The SMILES string of the molecule is Cc1cc(C2=N/C(=C\c3ccccc3Cl)C(=O)O2)ccc1[N+](=O)[O-]. The number of benzene rings is 2. The Balaban J connectivity index is 1.96. The first-order chi connectivity index (χ1) is 11.5. The number of nitro benzene ring substituents is 1. The van der Waals surface area contributed by atoms with Gasteiger partial charge < -0.3 is 4.74 Å². The van der Waals surface area contributed by atoms with Gasteiger partial charge in [0.2, 0.25) is 5.90 Å². The number of rotatable bonds is 3. The number of nitro groups is 1. The van der Waals surface area contributed by atoms with E-state index in [9.17, 15) is 14.9 Å². The van der Waals surface area contributed by atoms with Crippen molar-refractivity contribution < 1.29 is 14.5 Å². The topological polar surface area (TPSA) is 81.8 Å². The van der Waals surface area contributed by atoms with Gasteiger partial charge in [0.25, 0.3) is 5.69 Å². The van der Waals surface area contributed by atoms with Crippen molar-refractivity contribution in [2.24, 2.45) is 4.99 Å². The summed E-state index contributed by atoms with van der Waals surface area (Å²) < 4.78 is 5.16. The third-order valence-corrected chi connectivity index (χ3v) is 3.80. The molecule has 1 aliphatic heterocycles. The van der Waals surface area contributed by atoms with Crippen molar-refractivity contribution in [2.45, 2.75) is 6.92 Å². The Bertz CT molecular complexity index is 919. The van der Waals surface area contributed by atoms with E-state index in [1.54, 1.807) is 37.3 Å². The van der Waals surface area contributed by atoms with Crippen LogP contribution in [0.15, 0.2) is 53.2 Å². The van der Waals surface area contributed by atoms with Crippen LogP contribution in [0.3, 0.4) is 0 Å². The maximum absolute atomic E-state index is 12.0. The van der Waals surface area contributed by atoms with Crippen LogP contribution in [0.5, 0.6) is 0 Å². The second kappa shape index (κ2) is 6.25. The highest BCUT2D eigenvalue weighted by molar-refractivity contribution is 6.32. The van der Waals surface area contributed by atoms with Crippen LogP contribution >= 0.6 is 11.6 Å². The molecule has 7 heteroatoms. The van der Waals surface area contributed by atoms with Gasteiger partial charge in [0.15, 0.2) is 5.70 Å². The number of carbonyl (C=O) groups is 1. The number of hydrogen-bond donors (Lipinski definition) is 0. The quantitative estimate of drug-likeness (QED) is 0.366. The van der Waals surface area contributed by atoms with E-state index in [0.717, 1.165) is 0 Å². The van der Waals surface area contributed by atoms with E-state index in [1.165, 1.54) is 18.2 Å². The van der Waals surface area contributed by atoms with E-state index in [2.05, 4.69) is 4.99 Å². The van der Waals surface area contributed by atoms with Crippen molar-refractivity contribution in [1.82, 2.24) is 0 Å².